The number of nitrogens with one attached hydrogen (secondary N) is 1. The van der Waals surface area contributed by atoms with E-state index in [0.29, 0.717) is 10.2 Å². The van der Waals surface area contributed by atoms with Gasteiger partial charge in [0.15, 0.2) is 28.7 Å². The van der Waals surface area contributed by atoms with Crippen LogP contribution >= 0.6 is 22.6 Å². The number of methoxy groups -OCH3 is 1. The summed E-state index contributed by atoms with van der Waals surface area (Å²) in [5.74, 6) is 0.128. The number of rotatable bonds is 10. The average Bonchev–Trinajstić information content (AvgIpc) is 3.07. The van der Waals surface area contributed by atoms with Crippen LogP contribution in [0, 0.1) is 8.99 Å². The van der Waals surface area contributed by atoms with E-state index < -0.39 is 40.7 Å². The molecule has 41 heavy (non-hydrogen) atoms. The molecule has 2 rings (SSSR count). The molecule has 1 N–H and O–H groups in total. The zero-order chi connectivity index (χ0) is 31.8. The average molecular weight is 726 g/mol. The van der Waals surface area contributed by atoms with Crippen LogP contribution in [0.4, 0.5) is 10.6 Å². The number of nitrogens with zero attached hydrogens (tertiary/aromatic N) is 2. The highest BCUT2D eigenvalue weighted by molar-refractivity contribution is 14.1. The van der Waals surface area contributed by atoms with Gasteiger partial charge in [-0.1, -0.05) is 55.4 Å². The largest absolute Gasteiger partial charge is 0.449 e. The molecule has 1 amide bonds. The lowest BCUT2D eigenvalue weighted by atomic mass is 9.96. The van der Waals surface area contributed by atoms with E-state index in [9.17, 15) is 9.59 Å². The summed E-state index contributed by atoms with van der Waals surface area (Å²) >= 11 is 2.05. The van der Waals surface area contributed by atoms with Gasteiger partial charge in [0.2, 0.25) is 0 Å². The smallest absolute Gasteiger partial charge is 0.412 e. The third-order valence-electron chi connectivity index (χ3n) is 8.43. The van der Waals surface area contributed by atoms with E-state index in [4.69, 9.17) is 23.1 Å². The number of amides is 1. The lowest BCUT2D eigenvalue weighted by Gasteiger charge is -2.44. The number of hydrogen-bond acceptors (Lipinski definition) is 8. The first-order valence-corrected chi connectivity index (χ1v) is 21.0. The number of ether oxygens (including phenoxy) is 3. The summed E-state index contributed by atoms with van der Waals surface area (Å²) in [6, 6.07) is 0. The third kappa shape index (κ3) is 9.08. The van der Waals surface area contributed by atoms with Gasteiger partial charge in [0.1, 0.15) is 18.8 Å². The van der Waals surface area contributed by atoms with Crippen LogP contribution in [-0.2, 0) is 23.1 Å². The predicted molar refractivity (Wildman–Crippen MR) is 176 cm³/mol. The fourth-order valence-electron chi connectivity index (χ4n) is 3.89. The monoisotopic (exact) mass is 725 g/mol. The Bertz CT molecular complexity index is 1130. The molecule has 0 saturated carbocycles. The van der Waals surface area contributed by atoms with Gasteiger partial charge in [-0.3, -0.25) is 9.88 Å². The Hall–Kier alpha value is -0.846. The van der Waals surface area contributed by atoms with Gasteiger partial charge in [-0.2, -0.15) is 4.98 Å². The Morgan fingerprint density at radius 1 is 1.00 bits per heavy atom. The maximum atomic E-state index is 13.4. The van der Waals surface area contributed by atoms with Crippen molar-refractivity contribution in [2.24, 2.45) is 5.41 Å². The van der Waals surface area contributed by atoms with Gasteiger partial charge in [0, 0.05) is 18.7 Å². The molecule has 0 aromatic carbocycles. The minimum atomic E-state index is -2.30. The Morgan fingerprint density at radius 2 is 1.51 bits per heavy atom. The molecule has 0 bridgehead atoms. The molecule has 2 heterocycles. The van der Waals surface area contributed by atoms with Crippen LogP contribution in [0.5, 0.6) is 0 Å². The molecule has 1 saturated heterocycles. The molecular weight excluding hydrogens is 673 g/mol. The topological polar surface area (TPSA) is 110 Å². The molecule has 0 radical (unpaired) electrons. The fourth-order valence-corrected chi connectivity index (χ4v) is 7.09. The second-order valence-electron chi connectivity index (χ2n) is 14.8. The lowest BCUT2D eigenvalue weighted by molar-refractivity contribution is -0.0311. The Kier molecular flexibility index (Phi) is 11.5. The van der Waals surface area contributed by atoms with Crippen molar-refractivity contribution >= 4 is 51.1 Å². The molecule has 1 aliphatic rings. The molecule has 1 fully saturated rings. The van der Waals surface area contributed by atoms with Gasteiger partial charge >= 0.3 is 11.8 Å². The maximum Gasteiger partial charge on any atom is 0.412 e. The summed E-state index contributed by atoms with van der Waals surface area (Å²) in [4.78, 5) is 30.1. The van der Waals surface area contributed by atoms with Gasteiger partial charge in [-0.15, -0.1) is 0 Å². The summed E-state index contributed by atoms with van der Waals surface area (Å²) in [7, 11) is -2.90. The van der Waals surface area contributed by atoms with Crippen molar-refractivity contribution in [3.05, 3.63) is 20.3 Å². The van der Waals surface area contributed by atoms with Crippen LogP contribution in [0.2, 0.25) is 36.3 Å². The van der Waals surface area contributed by atoms with E-state index in [1.807, 2.05) is 43.4 Å². The summed E-state index contributed by atoms with van der Waals surface area (Å²) in [5, 5.41) is 2.53. The zero-order valence-corrected chi connectivity index (χ0v) is 31.6. The Morgan fingerprint density at radius 3 is 2.00 bits per heavy atom. The van der Waals surface area contributed by atoms with Crippen LogP contribution < -0.4 is 11.0 Å². The standard InChI is InChI=1S/C28H52IN3O7Si2/c1-18-20(38-40(11,12)26(2,3)4)21(39-41(13,14)27(5,6)7)23(37-18)32-15-19(29)22(30-24(32)33)31-25(34)36-17-28(8,9)16-35-10/h15,18,20-21,23H,16-17H2,1-14H3,(H,30,31,33,34)/t18-,20-,21-,23-/m1/s1. The molecule has 1 aliphatic heterocycles. The van der Waals surface area contributed by atoms with Crippen LogP contribution in [-0.4, -0.2) is 70.9 Å². The summed E-state index contributed by atoms with van der Waals surface area (Å²) in [6.07, 6.45) is -0.960. The lowest BCUT2D eigenvalue weighted by Crippen LogP contribution is -2.53. The van der Waals surface area contributed by atoms with Crippen LogP contribution in [0.3, 0.4) is 0 Å². The first-order chi connectivity index (χ1) is 18.4. The van der Waals surface area contributed by atoms with Gasteiger partial charge in [0.05, 0.1) is 16.3 Å². The van der Waals surface area contributed by atoms with Gasteiger partial charge in [-0.05, 0) is 65.8 Å². The van der Waals surface area contributed by atoms with Gasteiger partial charge in [0.25, 0.3) is 0 Å². The van der Waals surface area contributed by atoms with Crippen molar-refractivity contribution in [1.29, 1.82) is 0 Å². The number of aromatic nitrogens is 2. The first kappa shape index (κ1) is 36.3. The van der Waals surface area contributed by atoms with Crippen molar-refractivity contribution in [2.45, 2.75) is 123 Å². The number of carbonyl (C=O) groups excluding carboxylic acids is 1. The molecule has 13 heteroatoms. The molecule has 1 aromatic rings. The van der Waals surface area contributed by atoms with Gasteiger partial charge in [-0.25, -0.2) is 9.59 Å². The second-order valence-corrected chi connectivity index (χ2v) is 25.5. The van der Waals surface area contributed by atoms with E-state index in [0.717, 1.165) is 0 Å². The quantitative estimate of drug-likeness (QED) is 0.208. The molecule has 0 unspecified atom stereocenters. The maximum absolute atomic E-state index is 13.4. The van der Waals surface area contributed by atoms with E-state index >= 15 is 0 Å². The Balaban J connectivity index is 2.43. The Labute approximate surface area is 262 Å². The van der Waals surface area contributed by atoms with Crippen molar-refractivity contribution in [2.75, 3.05) is 25.6 Å². The van der Waals surface area contributed by atoms with Crippen LogP contribution in [0.1, 0.15) is 68.5 Å². The second kappa shape index (κ2) is 13.0. The highest BCUT2D eigenvalue weighted by Gasteiger charge is 2.53. The molecule has 236 valence electrons. The minimum Gasteiger partial charge on any atom is -0.449 e. The molecule has 0 spiro atoms. The highest BCUT2D eigenvalue weighted by atomic mass is 127. The predicted octanol–water partition coefficient (Wildman–Crippen LogP) is 6.77. The fraction of sp³-hybridized carbons (Fsp3) is 0.821. The SMILES string of the molecule is COCC(C)(C)COC(=O)Nc1nc(=O)n([C@@H]2O[C@H](C)[C@@H](O[Si](C)(C)C(C)(C)C)[C@H]2O[Si](C)(C)C(C)(C)C)cc1I. The van der Waals surface area contributed by atoms with E-state index in [-0.39, 0.29) is 40.1 Å². The van der Waals surface area contributed by atoms with E-state index in [1.54, 1.807) is 13.3 Å². The van der Waals surface area contributed by atoms with Crippen molar-refractivity contribution < 1.29 is 27.9 Å². The first-order valence-electron chi connectivity index (χ1n) is 14.1. The molecule has 4 atom stereocenters. The van der Waals surface area contributed by atoms with Crippen molar-refractivity contribution in [3.63, 3.8) is 0 Å². The molecule has 10 nitrogen and oxygen atoms in total. The number of halogens is 1. The van der Waals surface area contributed by atoms with Crippen molar-refractivity contribution in [3.8, 4) is 0 Å². The molecular formula is C28H52IN3O7Si2. The number of carbonyl (C=O) groups is 1. The highest BCUT2D eigenvalue weighted by Crippen LogP contribution is 2.45. The number of anilines is 1. The number of hydrogen-bond donors (Lipinski definition) is 1. The zero-order valence-electron chi connectivity index (χ0n) is 27.4. The van der Waals surface area contributed by atoms with Gasteiger partial charge < -0.3 is 23.1 Å². The summed E-state index contributed by atoms with van der Waals surface area (Å²) in [5.41, 5.74) is -0.913. The summed E-state index contributed by atoms with van der Waals surface area (Å²) < 4.78 is 32.9. The summed E-state index contributed by atoms with van der Waals surface area (Å²) in [6.45, 7) is 28.4. The van der Waals surface area contributed by atoms with Crippen LogP contribution in [0.25, 0.3) is 0 Å². The minimum absolute atomic E-state index is 0.0131. The van der Waals surface area contributed by atoms with Crippen molar-refractivity contribution in [1.82, 2.24) is 9.55 Å². The van der Waals surface area contributed by atoms with Crippen LogP contribution in [0.15, 0.2) is 11.0 Å². The molecule has 0 aliphatic carbocycles. The normalized spacial score (nSPS) is 22.6. The third-order valence-corrected chi connectivity index (χ3v) is 18.2. The van der Waals surface area contributed by atoms with E-state index in [1.165, 1.54) is 4.57 Å². The van der Waals surface area contributed by atoms with E-state index in [2.05, 4.69) is 78.0 Å². The molecule has 1 aromatic heterocycles.